The van der Waals surface area contributed by atoms with E-state index in [9.17, 15) is 13.2 Å². The van der Waals surface area contributed by atoms with Crippen LogP contribution in [0.5, 0.6) is 0 Å². The van der Waals surface area contributed by atoms with Crippen molar-refractivity contribution in [1.82, 2.24) is 4.31 Å². The minimum Gasteiger partial charge on any atom is -0.326 e. The molecule has 0 radical (unpaired) electrons. The van der Waals surface area contributed by atoms with Crippen molar-refractivity contribution in [1.29, 1.82) is 0 Å². The van der Waals surface area contributed by atoms with E-state index in [0.717, 1.165) is 34.4 Å². The van der Waals surface area contributed by atoms with Crippen LogP contribution in [-0.4, -0.2) is 31.4 Å². The molecule has 2 rings (SSSR count). The molecule has 6 heteroatoms. The molecule has 0 atom stereocenters. The molecule has 146 valence electrons. The molecule has 1 N–H and O–H groups in total. The van der Waals surface area contributed by atoms with Crippen molar-refractivity contribution in [2.24, 2.45) is 0 Å². The highest BCUT2D eigenvalue weighted by atomic mass is 32.2. The number of para-hydroxylation sites is 1. The van der Waals surface area contributed by atoms with Crippen LogP contribution in [0.15, 0.2) is 42.5 Å². The third kappa shape index (κ3) is 5.91. The second-order valence-corrected chi connectivity index (χ2v) is 8.77. The van der Waals surface area contributed by atoms with E-state index in [2.05, 4.69) is 5.32 Å². The van der Waals surface area contributed by atoms with E-state index in [1.54, 1.807) is 0 Å². The molecule has 0 bridgehead atoms. The van der Waals surface area contributed by atoms with E-state index in [1.807, 2.05) is 63.2 Å². The number of nitrogens with zero attached hydrogens (tertiary/aromatic N) is 1. The fourth-order valence-electron chi connectivity index (χ4n) is 2.97. The Hall–Kier alpha value is -2.18. The highest BCUT2D eigenvalue weighted by Crippen LogP contribution is 2.21. The summed E-state index contributed by atoms with van der Waals surface area (Å²) in [6, 6.07) is 13.6. The predicted octanol–water partition coefficient (Wildman–Crippen LogP) is 3.66. The zero-order valence-electron chi connectivity index (χ0n) is 16.5. The van der Waals surface area contributed by atoms with Gasteiger partial charge in [0.05, 0.1) is 6.26 Å². The van der Waals surface area contributed by atoms with Gasteiger partial charge in [-0.25, -0.2) is 8.42 Å². The molecule has 0 aliphatic heterocycles. The van der Waals surface area contributed by atoms with Crippen molar-refractivity contribution in [3.63, 3.8) is 0 Å². The molecule has 0 fully saturated rings. The first kappa shape index (κ1) is 21.1. The normalized spacial score (nSPS) is 11.6. The zero-order chi connectivity index (χ0) is 20.0. The molecule has 0 spiro atoms. The number of hydrogen-bond acceptors (Lipinski definition) is 3. The maximum atomic E-state index is 12.5. The smallest absolute Gasteiger partial charge is 0.225 e. The predicted molar refractivity (Wildman–Crippen MR) is 110 cm³/mol. The Kier molecular flexibility index (Phi) is 7.16. The summed E-state index contributed by atoms with van der Waals surface area (Å²) in [6.45, 7) is 6.36. The van der Waals surface area contributed by atoms with Gasteiger partial charge in [0.2, 0.25) is 15.9 Å². The molecule has 2 aromatic carbocycles. The summed E-state index contributed by atoms with van der Waals surface area (Å²) in [5, 5.41) is 2.95. The van der Waals surface area contributed by atoms with Crippen molar-refractivity contribution in [2.75, 3.05) is 18.1 Å². The quantitative estimate of drug-likeness (QED) is 0.750. The minimum absolute atomic E-state index is 0.108. The molecule has 5 nitrogen and oxygen atoms in total. The second-order valence-electron chi connectivity index (χ2n) is 6.78. The van der Waals surface area contributed by atoms with Gasteiger partial charge in [0.15, 0.2) is 0 Å². The lowest BCUT2D eigenvalue weighted by molar-refractivity contribution is -0.116. The number of aryl methyl sites for hydroxylation is 3. The number of hydrogen-bond donors (Lipinski definition) is 1. The first-order valence-electron chi connectivity index (χ1n) is 9.10. The average molecular weight is 389 g/mol. The summed E-state index contributed by atoms with van der Waals surface area (Å²) in [4.78, 5) is 12.5. The maximum absolute atomic E-state index is 12.5. The Balaban J connectivity index is 2.07. The summed E-state index contributed by atoms with van der Waals surface area (Å²) in [6.07, 6.45) is 2.11. The number of amides is 1. The lowest BCUT2D eigenvalue weighted by Gasteiger charge is -2.21. The van der Waals surface area contributed by atoms with E-state index >= 15 is 0 Å². The van der Waals surface area contributed by atoms with E-state index in [-0.39, 0.29) is 25.4 Å². The van der Waals surface area contributed by atoms with Crippen molar-refractivity contribution >= 4 is 21.6 Å². The number of benzene rings is 2. The van der Waals surface area contributed by atoms with E-state index < -0.39 is 10.0 Å². The number of anilines is 1. The Morgan fingerprint density at radius 3 is 2.26 bits per heavy atom. The van der Waals surface area contributed by atoms with Gasteiger partial charge in [-0.15, -0.1) is 0 Å². The van der Waals surface area contributed by atoms with Crippen LogP contribution in [0.4, 0.5) is 5.69 Å². The molecule has 0 aromatic heterocycles. The highest BCUT2D eigenvalue weighted by Gasteiger charge is 2.19. The monoisotopic (exact) mass is 388 g/mol. The summed E-state index contributed by atoms with van der Waals surface area (Å²) in [5.74, 6) is -0.183. The Morgan fingerprint density at radius 2 is 1.63 bits per heavy atom. The minimum atomic E-state index is -3.42. The van der Waals surface area contributed by atoms with Crippen LogP contribution in [-0.2, 0) is 27.8 Å². The molecule has 0 unspecified atom stereocenters. The Labute approximate surface area is 162 Å². The molecule has 1 amide bonds. The van der Waals surface area contributed by atoms with Crippen LogP contribution < -0.4 is 5.32 Å². The van der Waals surface area contributed by atoms with Crippen molar-refractivity contribution in [2.45, 2.75) is 40.2 Å². The van der Waals surface area contributed by atoms with Gasteiger partial charge in [-0.2, -0.15) is 4.31 Å². The summed E-state index contributed by atoms with van der Waals surface area (Å²) in [7, 11) is -3.42. The zero-order valence-corrected chi connectivity index (χ0v) is 17.3. The van der Waals surface area contributed by atoms with Gasteiger partial charge >= 0.3 is 0 Å². The average Bonchev–Trinajstić information content (AvgIpc) is 2.60. The molecule has 0 aliphatic rings. The number of nitrogens with one attached hydrogen (secondary N) is 1. The number of carbonyl (C=O) groups excluding carboxylic acids is 1. The van der Waals surface area contributed by atoms with Gasteiger partial charge in [-0.1, -0.05) is 49.4 Å². The summed E-state index contributed by atoms with van der Waals surface area (Å²) < 4.78 is 25.7. The standard InChI is InChI=1S/C21H28N2O3S/c1-5-18-12-8-10-17(3)21(18)22-20(24)13-14-23(27(4,25)26)15-19-11-7-6-9-16(19)2/h6-12H,5,13-15H2,1-4H3,(H,22,24). The SMILES string of the molecule is CCc1cccc(C)c1NC(=O)CCN(Cc1ccccc1C)S(C)(=O)=O. The van der Waals surface area contributed by atoms with Crippen LogP contribution in [0.25, 0.3) is 0 Å². The molecule has 2 aromatic rings. The van der Waals surface area contributed by atoms with Gasteiger partial charge in [-0.3, -0.25) is 4.79 Å². The molecule has 0 saturated heterocycles. The molecular formula is C21H28N2O3S. The van der Waals surface area contributed by atoms with Gasteiger partial charge in [0, 0.05) is 25.2 Å². The van der Waals surface area contributed by atoms with Gasteiger partial charge in [0.25, 0.3) is 0 Å². The first-order valence-corrected chi connectivity index (χ1v) is 10.9. The number of rotatable bonds is 8. The van der Waals surface area contributed by atoms with Crippen molar-refractivity contribution in [3.8, 4) is 0 Å². The largest absolute Gasteiger partial charge is 0.326 e. The lowest BCUT2D eigenvalue weighted by Crippen LogP contribution is -2.33. The third-order valence-corrected chi connectivity index (χ3v) is 5.92. The van der Waals surface area contributed by atoms with Crippen LogP contribution >= 0.6 is 0 Å². The fraction of sp³-hybridized carbons (Fsp3) is 0.381. The second kappa shape index (κ2) is 9.15. The van der Waals surface area contributed by atoms with Crippen LogP contribution in [0.1, 0.15) is 35.6 Å². The van der Waals surface area contributed by atoms with Gasteiger partial charge < -0.3 is 5.32 Å². The van der Waals surface area contributed by atoms with E-state index in [0.29, 0.717) is 0 Å². The van der Waals surface area contributed by atoms with E-state index in [4.69, 9.17) is 0 Å². The number of sulfonamides is 1. The summed E-state index contributed by atoms with van der Waals surface area (Å²) >= 11 is 0. The van der Waals surface area contributed by atoms with E-state index in [1.165, 1.54) is 10.6 Å². The Morgan fingerprint density at radius 1 is 1.00 bits per heavy atom. The molecule has 27 heavy (non-hydrogen) atoms. The van der Waals surface area contributed by atoms with Crippen molar-refractivity contribution in [3.05, 3.63) is 64.7 Å². The summed E-state index contributed by atoms with van der Waals surface area (Å²) in [5.41, 5.74) is 4.87. The Bertz CT molecular complexity index is 907. The topological polar surface area (TPSA) is 66.5 Å². The van der Waals surface area contributed by atoms with Crippen LogP contribution in [0.2, 0.25) is 0 Å². The lowest BCUT2D eigenvalue weighted by atomic mass is 10.1. The van der Waals surface area contributed by atoms with Gasteiger partial charge in [-0.05, 0) is 42.5 Å². The molecular weight excluding hydrogens is 360 g/mol. The third-order valence-electron chi connectivity index (χ3n) is 4.67. The van der Waals surface area contributed by atoms with Crippen LogP contribution in [0, 0.1) is 13.8 Å². The van der Waals surface area contributed by atoms with Crippen LogP contribution in [0.3, 0.4) is 0 Å². The number of carbonyl (C=O) groups is 1. The molecule has 0 heterocycles. The maximum Gasteiger partial charge on any atom is 0.225 e. The molecule has 0 aliphatic carbocycles. The van der Waals surface area contributed by atoms with Crippen molar-refractivity contribution < 1.29 is 13.2 Å². The first-order chi connectivity index (χ1) is 12.7. The fourth-order valence-corrected chi connectivity index (χ4v) is 3.77. The van der Waals surface area contributed by atoms with Gasteiger partial charge in [0.1, 0.15) is 0 Å². The molecule has 0 saturated carbocycles. The highest BCUT2D eigenvalue weighted by molar-refractivity contribution is 7.88.